The summed E-state index contributed by atoms with van der Waals surface area (Å²) in [4.78, 5) is 23.0. The van der Waals surface area contributed by atoms with Gasteiger partial charge in [0.15, 0.2) is 0 Å². The third kappa shape index (κ3) is 2.27. The molecule has 0 bridgehead atoms. The van der Waals surface area contributed by atoms with Crippen LogP contribution in [0.25, 0.3) is 10.2 Å². The first-order valence-electron chi connectivity index (χ1n) is 7.27. The number of anilines is 2. The Labute approximate surface area is 132 Å². The topological polar surface area (TPSA) is 58.0 Å². The van der Waals surface area contributed by atoms with Crippen molar-refractivity contribution in [3.8, 4) is 0 Å². The fraction of sp³-hybridized carbons (Fsp3) is 0.333. The minimum Gasteiger partial charge on any atom is -0.353 e. The number of fused-ring (bicyclic) bond motifs is 1. The Kier molecular flexibility index (Phi) is 3.34. The number of rotatable bonds is 2. The smallest absolute Gasteiger partial charge is 0.140 e. The molecular formula is C15H16N6S. The Balaban J connectivity index is 1.55. The molecule has 0 spiro atoms. The van der Waals surface area contributed by atoms with Crippen molar-refractivity contribution in [3.63, 3.8) is 0 Å². The standard InChI is InChI=1S/C15H16N6S/c1-11-8-16-9-17-13(11)20-3-5-21(6-4-20)14-12-2-7-22-15(12)19-10-18-14/h2,7-10H,3-6H2,1H3. The highest BCUT2D eigenvalue weighted by Gasteiger charge is 2.21. The molecule has 1 aliphatic rings. The molecule has 7 heteroatoms. The van der Waals surface area contributed by atoms with E-state index in [1.165, 1.54) is 0 Å². The maximum Gasteiger partial charge on any atom is 0.140 e. The number of hydrogen-bond acceptors (Lipinski definition) is 7. The lowest BCUT2D eigenvalue weighted by atomic mass is 10.2. The molecule has 0 amide bonds. The molecule has 0 atom stereocenters. The fourth-order valence-electron chi connectivity index (χ4n) is 2.88. The van der Waals surface area contributed by atoms with Crippen LogP contribution in [0.15, 0.2) is 30.3 Å². The summed E-state index contributed by atoms with van der Waals surface area (Å²) in [6.07, 6.45) is 5.15. The minimum absolute atomic E-state index is 0.936. The van der Waals surface area contributed by atoms with Gasteiger partial charge < -0.3 is 9.80 Å². The highest BCUT2D eigenvalue weighted by Crippen LogP contribution is 2.28. The van der Waals surface area contributed by atoms with E-state index in [0.717, 1.165) is 53.6 Å². The van der Waals surface area contributed by atoms with Crippen LogP contribution < -0.4 is 9.80 Å². The molecule has 4 heterocycles. The Morgan fingerprint density at radius 1 is 0.955 bits per heavy atom. The number of aryl methyl sites for hydroxylation is 1. The largest absolute Gasteiger partial charge is 0.353 e. The van der Waals surface area contributed by atoms with Gasteiger partial charge in [-0.05, 0) is 18.4 Å². The van der Waals surface area contributed by atoms with Gasteiger partial charge in [0.25, 0.3) is 0 Å². The van der Waals surface area contributed by atoms with Crippen molar-refractivity contribution in [2.45, 2.75) is 6.92 Å². The molecule has 4 rings (SSSR count). The Bertz CT molecular complexity index is 793. The normalized spacial score (nSPS) is 15.5. The van der Waals surface area contributed by atoms with Crippen molar-refractivity contribution in [1.29, 1.82) is 0 Å². The number of aromatic nitrogens is 4. The van der Waals surface area contributed by atoms with Crippen LogP contribution in [-0.2, 0) is 0 Å². The summed E-state index contributed by atoms with van der Waals surface area (Å²) in [5.41, 5.74) is 1.12. The number of piperazine rings is 1. The molecule has 0 unspecified atom stereocenters. The van der Waals surface area contributed by atoms with Gasteiger partial charge in [-0.1, -0.05) is 0 Å². The SMILES string of the molecule is Cc1cncnc1N1CCN(c2ncnc3sccc23)CC1. The second-order valence-electron chi connectivity index (χ2n) is 5.34. The third-order valence-corrected chi connectivity index (χ3v) is 4.81. The lowest BCUT2D eigenvalue weighted by Crippen LogP contribution is -2.47. The van der Waals surface area contributed by atoms with Crippen LogP contribution in [0.2, 0.25) is 0 Å². The molecule has 3 aromatic rings. The van der Waals surface area contributed by atoms with Crippen molar-refractivity contribution < 1.29 is 0 Å². The van der Waals surface area contributed by atoms with Crippen molar-refractivity contribution in [2.24, 2.45) is 0 Å². The molecule has 1 saturated heterocycles. The summed E-state index contributed by atoms with van der Waals surface area (Å²) in [7, 11) is 0. The van der Waals surface area contributed by atoms with Crippen molar-refractivity contribution >= 4 is 33.2 Å². The van der Waals surface area contributed by atoms with Gasteiger partial charge in [-0.25, -0.2) is 19.9 Å². The Morgan fingerprint density at radius 2 is 1.68 bits per heavy atom. The fourth-order valence-corrected chi connectivity index (χ4v) is 3.61. The number of thiophene rings is 1. The highest BCUT2D eigenvalue weighted by molar-refractivity contribution is 7.16. The summed E-state index contributed by atoms with van der Waals surface area (Å²) >= 11 is 1.66. The van der Waals surface area contributed by atoms with Crippen molar-refractivity contribution in [2.75, 3.05) is 36.0 Å². The first-order chi connectivity index (χ1) is 10.8. The zero-order valence-electron chi connectivity index (χ0n) is 12.3. The average Bonchev–Trinajstić information content (AvgIpc) is 3.04. The van der Waals surface area contributed by atoms with Gasteiger partial charge >= 0.3 is 0 Å². The Hall–Kier alpha value is -2.28. The van der Waals surface area contributed by atoms with Gasteiger partial charge in [-0.2, -0.15) is 0 Å². The maximum absolute atomic E-state index is 4.50. The molecule has 112 valence electrons. The molecule has 0 aromatic carbocycles. The molecule has 1 fully saturated rings. The lowest BCUT2D eigenvalue weighted by Gasteiger charge is -2.36. The molecule has 1 aliphatic heterocycles. The molecule has 3 aromatic heterocycles. The molecule has 6 nitrogen and oxygen atoms in total. The van der Waals surface area contributed by atoms with Gasteiger partial charge in [-0.15, -0.1) is 11.3 Å². The molecular weight excluding hydrogens is 296 g/mol. The van der Waals surface area contributed by atoms with E-state index in [9.17, 15) is 0 Å². The van der Waals surface area contributed by atoms with Gasteiger partial charge in [0.05, 0.1) is 5.39 Å². The van der Waals surface area contributed by atoms with Crippen molar-refractivity contribution in [1.82, 2.24) is 19.9 Å². The second kappa shape index (κ2) is 5.49. The minimum atomic E-state index is 0.936. The van der Waals surface area contributed by atoms with E-state index in [-0.39, 0.29) is 0 Å². The van der Waals surface area contributed by atoms with Gasteiger partial charge in [0, 0.05) is 37.9 Å². The summed E-state index contributed by atoms with van der Waals surface area (Å²) < 4.78 is 0. The van der Waals surface area contributed by atoms with E-state index in [1.54, 1.807) is 24.0 Å². The zero-order valence-corrected chi connectivity index (χ0v) is 13.1. The third-order valence-electron chi connectivity index (χ3n) is 3.99. The summed E-state index contributed by atoms with van der Waals surface area (Å²) in [6.45, 7) is 5.80. The predicted octanol–water partition coefficient (Wildman–Crippen LogP) is 2.12. The van der Waals surface area contributed by atoms with Crippen LogP contribution >= 0.6 is 11.3 Å². The second-order valence-corrected chi connectivity index (χ2v) is 6.23. The van der Waals surface area contributed by atoms with Gasteiger partial charge in [0.2, 0.25) is 0 Å². The number of nitrogens with zero attached hydrogens (tertiary/aromatic N) is 6. The monoisotopic (exact) mass is 312 g/mol. The van der Waals surface area contributed by atoms with E-state index in [0.29, 0.717) is 0 Å². The van der Waals surface area contributed by atoms with E-state index in [1.807, 2.05) is 6.20 Å². The van der Waals surface area contributed by atoms with Crippen LogP contribution in [0.5, 0.6) is 0 Å². The number of hydrogen-bond donors (Lipinski definition) is 0. The quantitative estimate of drug-likeness (QED) is 0.722. The van der Waals surface area contributed by atoms with Gasteiger partial charge in [0.1, 0.15) is 29.1 Å². The predicted molar refractivity (Wildman–Crippen MR) is 88.6 cm³/mol. The van der Waals surface area contributed by atoms with E-state index < -0.39 is 0 Å². The lowest BCUT2D eigenvalue weighted by molar-refractivity contribution is 0.641. The van der Waals surface area contributed by atoms with Gasteiger partial charge in [-0.3, -0.25) is 0 Å². The first kappa shape index (κ1) is 13.4. The van der Waals surface area contributed by atoms with Crippen LogP contribution in [-0.4, -0.2) is 46.1 Å². The summed E-state index contributed by atoms with van der Waals surface area (Å²) in [5, 5.41) is 3.22. The van der Waals surface area contributed by atoms with E-state index in [4.69, 9.17) is 0 Å². The van der Waals surface area contributed by atoms with Crippen LogP contribution in [0.3, 0.4) is 0 Å². The zero-order chi connectivity index (χ0) is 14.9. The first-order valence-corrected chi connectivity index (χ1v) is 8.15. The molecule has 22 heavy (non-hydrogen) atoms. The molecule has 0 N–H and O–H groups in total. The van der Waals surface area contributed by atoms with E-state index in [2.05, 4.69) is 48.1 Å². The highest BCUT2D eigenvalue weighted by atomic mass is 32.1. The average molecular weight is 312 g/mol. The van der Waals surface area contributed by atoms with Crippen molar-refractivity contribution in [3.05, 3.63) is 35.9 Å². The van der Waals surface area contributed by atoms with Crippen LogP contribution in [0.4, 0.5) is 11.6 Å². The molecule has 0 aliphatic carbocycles. The maximum atomic E-state index is 4.50. The molecule has 0 saturated carbocycles. The van der Waals surface area contributed by atoms with Crippen LogP contribution in [0, 0.1) is 6.92 Å². The Morgan fingerprint density at radius 3 is 2.45 bits per heavy atom. The summed E-state index contributed by atoms with van der Waals surface area (Å²) in [6, 6.07) is 2.11. The van der Waals surface area contributed by atoms with Crippen LogP contribution in [0.1, 0.15) is 5.56 Å². The summed E-state index contributed by atoms with van der Waals surface area (Å²) in [5.74, 6) is 2.09. The van der Waals surface area contributed by atoms with E-state index >= 15 is 0 Å². The molecule has 0 radical (unpaired) electrons.